The van der Waals surface area contributed by atoms with Crippen molar-refractivity contribution in [3.05, 3.63) is 23.9 Å². The number of halogens is 5. The van der Waals surface area contributed by atoms with E-state index >= 15 is 0 Å². The zero-order chi connectivity index (χ0) is 29.6. The molecule has 1 aromatic heterocycles. The molecule has 1 heterocycles. The van der Waals surface area contributed by atoms with Crippen LogP contribution < -0.4 is 10.6 Å². The van der Waals surface area contributed by atoms with E-state index in [1.54, 1.807) is 20.8 Å². The maximum Gasteiger partial charge on any atom is 0.414 e. The number of hydrogen-bond acceptors (Lipinski definition) is 7. The molecule has 3 N–H and O–H groups in total. The Hall–Kier alpha value is -3.03. The number of esters is 1. The second-order valence-corrected chi connectivity index (χ2v) is 10.6. The van der Waals surface area contributed by atoms with Crippen molar-refractivity contribution in [2.75, 3.05) is 12.4 Å². The highest BCUT2D eigenvalue weighted by molar-refractivity contribution is 5.96. The summed E-state index contributed by atoms with van der Waals surface area (Å²) in [7, 11) is 1.01. The van der Waals surface area contributed by atoms with Crippen molar-refractivity contribution in [1.82, 2.24) is 10.3 Å². The minimum absolute atomic E-state index is 0.0311. The van der Waals surface area contributed by atoms with E-state index in [9.17, 15) is 41.4 Å². The van der Waals surface area contributed by atoms with Crippen molar-refractivity contribution < 1.29 is 50.9 Å². The highest BCUT2D eigenvalue weighted by atomic mass is 19.4. The molecule has 0 aromatic carbocycles. The quantitative estimate of drug-likeness (QED) is 0.299. The van der Waals surface area contributed by atoms with Crippen LogP contribution in [0.1, 0.15) is 58.4 Å². The summed E-state index contributed by atoms with van der Waals surface area (Å²) in [4.78, 5) is 41.6. The molecule has 1 aliphatic rings. The second-order valence-electron chi connectivity index (χ2n) is 10.6. The van der Waals surface area contributed by atoms with Crippen molar-refractivity contribution in [2.45, 2.75) is 89.1 Å². The molecule has 0 radical (unpaired) electrons. The SMILES string of the molecule is COC(=O)C(Cc1ccnc(NC(=O)[C@H](NC(=O)OC(C)(C)C)C2CCC(F)(F)CC2)c1)CC(O)C(F)(F)F. The Balaban J connectivity index is 2.20. The number of rotatable bonds is 9. The number of carbonyl (C=O) groups excluding carboxylic acids is 3. The fraction of sp³-hybridized carbons (Fsp3) is 0.680. The van der Waals surface area contributed by atoms with Crippen LogP contribution in [0.2, 0.25) is 0 Å². The number of aliphatic hydroxyl groups excluding tert-OH is 1. The van der Waals surface area contributed by atoms with Gasteiger partial charge >= 0.3 is 18.2 Å². The number of nitrogens with zero attached hydrogens (tertiary/aromatic N) is 1. The molecular weight excluding hydrogens is 533 g/mol. The van der Waals surface area contributed by atoms with Gasteiger partial charge in [-0.05, 0) is 70.1 Å². The van der Waals surface area contributed by atoms with Gasteiger partial charge in [-0.3, -0.25) is 9.59 Å². The first-order valence-electron chi connectivity index (χ1n) is 12.4. The van der Waals surface area contributed by atoms with Crippen LogP contribution in [0.3, 0.4) is 0 Å². The molecule has 0 saturated heterocycles. The standard InChI is InChI=1S/C25H34F5N3O6/c1-23(2,3)39-22(37)33-19(15-5-8-24(26,27)9-6-15)20(35)32-18-12-14(7-10-31-18)11-16(21(36)38-4)13-17(34)25(28,29)30/h7,10,12,15-17,19,34H,5-6,8-9,11,13H2,1-4H3,(H,33,37)(H,31,32,35)/t16?,17?,19-/m1/s1. The van der Waals surface area contributed by atoms with E-state index in [1.807, 2.05) is 0 Å². The molecule has 1 saturated carbocycles. The number of methoxy groups -OCH3 is 1. The lowest BCUT2D eigenvalue weighted by molar-refractivity contribution is -0.209. The van der Waals surface area contributed by atoms with Gasteiger partial charge in [0.2, 0.25) is 11.8 Å². The van der Waals surface area contributed by atoms with Gasteiger partial charge in [0, 0.05) is 19.0 Å². The first kappa shape index (κ1) is 32.2. The smallest absolute Gasteiger partial charge is 0.414 e. The molecule has 0 spiro atoms. The number of anilines is 1. The molecule has 1 aromatic rings. The fourth-order valence-electron chi connectivity index (χ4n) is 4.22. The van der Waals surface area contributed by atoms with Crippen molar-refractivity contribution in [1.29, 1.82) is 0 Å². The van der Waals surface area contributed by atoms with Gasteiger partial charge in [0.05, 0.1) is 13.0 Å². The zero-order valence-electron chi connectivity index (χ0n) is 22.1. The summed E-state index contributed by atoms with van der Waals surface area (Å²) in [5.74, 6) is -6.59. The normalized spacial score (nSPS) is 18.4. The largest absolute Gasteiger partial charge is 0.469 e. The minimum Gasteiger partial charge on any atom is -0.469 e. The maximum atomic E-state index is 13.7. The predicted molar refractivity (Wildman–Crippen MR) is 129 cm³/mol. The molecular formula is C25H34F5N3O6. The van der Waals surface area contributed by atoms with Gasteiger partial charge in [0.25, 0.3) is 0 Å². The summed E-state index contributed by atoms with van der Waals surface area (Å²) in [6.45, 7) is 4.86. The van der Waals surface area contributed by atoms with Crippen LogP contribution in [0, 0.1) is 11.8 Å². The lowest BCUT2D eigenvalue weighted by atomic mass is 9.81. The van der Waals surface area contributed by atoms with E-state index in [2.05, 4.69) is 20.4 Å². The number of aliphatic hydroxyl groups is 1. The molecule has 39 heavy (non-hydrogen) atoms. The molecule has 2 unspecified atom stereocenters. The second kappa shape index (κ2) is 12.9. The lowest BCUT2D eigenvalue weighted by Gasteiger charge is -2.33. The summed E-state index contributed by atoms with van der Waals surface area (Å²) < 4.78 is 75.7. The third-order valence-corrected chi connectivity index (χ3v) is 6.17. The van der Waals surface area contributed by atoms with E-state index < -0.39 is 78.9 Å². The van der Waals surface area contributed by atoms with E-state index in [1.165, 1.54) is 18.3 Å². The Morgan fingerprint density at radius 3 is 2.33 bits per heavy atom. The third kappa shape index (κ3) is 10.6. The van der Waals surface area contributed by atoms with E-state index in [4.69, 9.17) is 4.74 Å². The van der Waals surface area contributed by atoms with Crippen molar-refractivity contribution in [2.24, 2.45) is 11.8 Å². The lowest BCUT2D eigenvalue weighted by Crippen LogP contribution is -2.51. The topological polar surface area (TPSA) is 127 Å². The Labute approximate surface area is 222 Å². The number of pyridine rings is 1. The summed E-state index contributed by atoms with van der Waals surface area (Å²) in [6, 6.07) is 1.49. The van der Waals surface area contributed by atoms with Crippen molar-refractivity contribution in [3.8, 4) is 0 Å². The van der Waals surface area contributed by atoms with Gasteiger partial charge < -0.3 is 25.2 Å². The average Bonchev–Trinajstić information content (AvgIpc) is 2.80. The Bertz CT molecular complexity index is 1000. The van der Waals surface area contributed by atoms with Crippen LogP contribution >= 0.6 is 0 Å². The molecule has 9 nitrogen and oxygen atoms in total. The van der Waals surface area contributed by atoms with Crippen LogP contribution in [0.25, 0.3) is 0 Å². The molecule has 1 aliphatic carbocycles. The van der Waals surface area contributed by atoms with Crippen molar-refractivity contribution in [3.63, 3.8) is 0 Å². The molecule has 3 atom stereocenters. The van der Waals surface area contributed by atoms with Crippen LogP contribution in [-0.4, -0.2) is 65.0 Å². The van der Waals surface area contributed by atoms with Gasteiger partial charge in [-0.15, -0.1) is 0 Å². The van der Waals surface area contributed by atoms with Crippen molar-refractivity contribution >= 4 is 23.8 Å². The first-order valence-corrected chi connectivity index (χ1v) is 12.4. The number of ether oxygens (including phenoxy) is 2. The molecule has 14 heteroatoms. The number of alkyl halides is 5. The molecule has 220 valence electrons. The Kier molecular flexibility index (Phi) is 10.6. The van der Waals surface area contributed by atoms with Crippen LogP contribution in [-0.2, 0) is 25.5 Å². The third-order valence-electron chi connectivity index (χ3n) is 6.17. The highest BCUT2D eigenvalue weighted by Crippen LogP contribution is 2.38. The number of nitrogens with one attached hydrogen (secondary N) is 2. The summed E-state index contributed by atoms with van der Waals surface area (Å²) in [5, 5.41) is 14.4. The Morgan fingerprint density at radius 1 is 1.18 bits per heavy atom. The maximum absolute atomic E-state index is 13.7. The minimum atomic E-state index is -4.93. The number of alkyl carbamates (subject to hydrolysis) is 1. The van der Waals surface area contributed by atoms with E-state index in [-0.39, 0.29) is 25.1 Å². The van der Waals surface area contributed by atoms with Crippen LogP contribution in [0.5, 0.6) is 0 Å². The number of aromatic nitrogens is 1. The molecule has 2 rings (SSSR count). The average molecular weight is 568 g/mol. The highest BCUT2D eigenvalue weighted by Gasteiger charge is 2.42. The molecule has 1 fully saturated rings. The van der Waals surface area contributed by atoms with Gasteiger partial charge in [0.1, 0.15) is 17.5 Å². The van der Waals surface area contributed by atoms with Crippen LogP contribution in [0.15, 0.2) is 18.3 Å². The summed E-state index contributed by atoms with van der Waals surface area (Å²) >= 11 is 0. The number of amides is 2. The van der Waals surface area contributed by atoms with Gasteiger partial charge in [0.15, 0.2) is 6.10 Å². The molecule has 0 bridgehead atoms. The van der Waals surface area contributed by atoms with Gasteiger partial charge in [-0.2, -0.15) is 13.2 Å². The van der Waals surface area contributed by atoms with E-state index in [0.717, 1.165) is 7.11 Å². The summed E-state index contributed by atoms with van der Waals surface area (Å²) in [5.41, 5.74) is -0.574. The monoisotopic (exact) mass is 567 g/mol. The summed E-state index contributed by atoms with van der Waals surface area (Å²) in [6.07, 6.45) is -9.51. The first-order chi connectivity index (χ1) is 17.9. The van der Waals surface area contributed by atoms with Gasteiger partial charge in [-0.1, -0.05) is 0 Å². The predicted octanol–water partition coefficient (Wildman–Crippen LogP) is 4.38. The number of hydrogen-bond donors (Lipinski definition) is 3. The molecule has 2 amide bonds. The van der Waals surface area contributed by atoms with Gasteiger partial charge in [-0.25, -0.2) is 18.6 Å². The molecule has 0 aliphatic heterocycles. The Morgan fingerprint density at radius 2 is 1.79 bits per heavy atom. The van der Waals surface area contributed by atoms with E-state index in [0.29, 0.717) is 5.56 Å². The fourth-order valence-corrected chi connectivity index (χ4v) is 4.22. The number of carbonyl (C=O) groups is 3. The zero-order valence-corrected chi connectivity index (χ0v) is 22.1. The van der Waals surface area contributed by atoms with Crippen LogP contribution in [0.4, 0.5) is 32.6 Å².